The Labute approximate surface area is 165 Å². The molecule has 7 heteroatoms. The summed E-state index contributed by atoms with van der Waals surface area (Å²) >= 11 is 0. The van der Waals surface area contributed by atoms with Crippen molar-refractivity contribution in [3.8, 4) is 0 Å². The number of aryl methyl sites for hydroxylation is 2. The predicted molar refractivity (Wildman–Crippen MR) is 109 cm³/mol. The molecule has 0 radical (unpaired) electrons. The van der Waals surface area contributed by atoms with Gasteiger partial charge in [-0.2, -0.15) is 0 Å². The Balaban J connectivity index is 1.98. The lowest BCUT2D eigenvalue weighted by molar-refractivity contribution is -0.113. The minimum absolute atomic E-state index is 0.233. The fraction of sp³-hybridized carbons (Fsp3) is 0.333. The van der Waals surface area contributed by atoms with E-state index in [1.165, 1.54) is 12.1 Å². The van der Waals surface area contributed by atoms with Crippen molar-refractivity contribution in [1.29, 1.82) is 0 Å². The number of benzene rings is 2. The molecule has 2 aromatic carbocycles. The summed E-state index contributed by atoms with van der Waals surface area (Å²) in [6, 6.07) is 11.5. The van der Waals surface area contributed by atoms with Gasteiger partial charge in [-0.1, -0.05) is 18.2 Å². The summed E-state index contributed by atoms with van der Waals surface area (Å²) in [7, 11) is -3.65. The van der Waals surface area contributed by atoms with Crippen LogP contribution in [0, 0.1) is 13.8 Å². The van der Waals surface area contributed by atoms with E-state index < -0.39 is 27.5 Å². The smallest absolute Gasteiger partial charge is 0.338 e. The molecule has 1 N–H and O–H groups in total. The summed E-state index contributed by atoms with van der Waals surface area (Å²) in [5, 5.41) is 2.61. The first kappa shape index (κ1) is 21.6. The quantitative estimate of drug-likeness (QED) is 0.716. The zero-order valence-electron chi connectivity index (χ0n) is 16.5. The largest absolute Gasteiger partial charge is 0.459 e. The summed E-state index contributed by atoms with van der Waals surface area (Å²) in [5.41, 5.74) is 3.52. The first-order chi connectivity index (χ1) is 13.1. The van der Waals surface area contributed by atoms with E-state index in [0.717, 1.165) is 11.1 Å². The van der Waals surface area contributed by atoms with Gasteiger partial charge in [-0.05, 0) is 68.7 Å². The second kappa shape index (κ2) is 9.01. The maximum Gasteiger partial charge on any atom is 0.338 e. The Morgan fingerprint density at radius 3 is 2.21 bits per heavy atom. The Morgan fingerprint density at radius 1 is 1.00 bits per heavy atom. The Hall–Kier alpha value is -2.67. The van der Waals surface area contributed by atoms with E-state index >= 15 is 0 Å². The van der Waals surface area contributed by atoms with Crippen molar-refractivity contribution in [3.63, 3.8) is 0 Å². The van der Waals surface area contributed by atoms with Crippen molar-refractivity contribution in [2.75, 3.05) is 11.1 Å². The van der Waals surface area contributed by atoms with Gasteiger partial charge >= 0.3 is 5.97 Å². The number of hydrogen-bond acceptors (Lipinski definition) is 5. The highest BCUT2D eigenvalue weighted by Gasteiger charge is 2.18. The van der Waals surface area contributed by atoms with Crippen molar-refractivity contribution < 1.29 is 22.7 Å². The topological polar surface area (TPSA) is 89.5 Å². The third-order valence-electron chi connectivity index (χ3n) is 4.06. The number of carbonyl (C=O) groups is 2. The minimum atomic E-state index is -3.65. The van der Waals surface area contributed by atoms with E-state index in [0.29, 0.717) is 16.8 Å². The summed E-state index contributed by atoms with van der Waals surface area (Å²) in [5.74, 6) is -1.94. The molecule has 0 fully saturated rings. The average molecular weight is 404 g/mol. The summed E-state index contributed by atoms with van der Waals surface area (Å²) < 4.78 is 29.8. The molecule has 0 bridgehead atoms. The molecule has 0 aliphatic heterocycles. The third-order valence-corrected chi connectivity index (χ3v) is 5.54. The average Bonchev–Trinajstić information content (AvgIpc) is 2.57. The molecule has 0 aliphatic rings. The fourth-order valence-electron chi connectivity index (χ4n) is 2.54. The molecule has 0 saturated carbocycles. The maximum atomic E-state index is 12.3. The monoisotopic (exact) mass is 403 g/mol. The molecule has 1 amide bonds. The number of nitrogens with one attached hydrogen (secondary N) is 1. The first-order valence-electron chi connectivity index (χ1n) is 8.93. The highest BCUT2D eigenvalue weighted by atomic mass is 32.2. The van der Waals surface area contributed by atoms with Gasteiger partial charge in [0.25, 0.3) is 0 Å². The van der Waals surface area contributed by atoms with Crippen molar-refractivity contribution in [2.45, 2.75) is 39.6 Å². The molecule has 0 heterocycles. The maximum absolute atomic E-state index is 12.3. The molecule has 0 saturated heterocycles. The summed E-state index contributed by atoms with van der Waals surface area (Å²) in [4.78, 5) is 23.9. The van der Waals surface area contributed by atoms with Crippen molar-refractivity contribution in [1.82, 2.24) is 0 Å². The number of rotatable bonds is 7. The highest BCUT2D eigenvalue weighted by molar-refractivity contribution is 7.91. The standard InChI is InChI=1S/C21H25NO5S/c1-14(2)27-21(24)18-8-6-17(7-9-18)12-28(25,26)13-20(23)22-19-10-5-15(3)16(4)11-19/h5-11,14H,12-13H2,1-4H3,(H,22,23). The van der Waals surface area contributed by atoms with Crippen LogP contribution in [0.15, 0.2) is 42.5 Å². The number of carbonyl (C=O) groups excluding carboxylic acids is 2. The molecule has 6 nitrogen and oxygen atoms in total. The number of amides is 1. The van der Waals surface area contributed by atoms with Crippen LogP contribution in [0.1, 0.15) is 40.9 Å². The molecule has 2 rings (SSSR count). The van der Waals surface area contributed by atoms with Crippen LogP contribution in [0.25, 0.3) is 0 Å². The number of hydrogen-bond donors (Lipinski definition) is 1. The summed E-state index contributed by atoms with van der Waals surface area (Å²) in [6.45, 7) is 7.38. The Morgan fingerprint density at radius 2 is 1.64 bits per heavy atom. The highest BCUT2D eigenvalue weighted by Crippen LogP contribution is 2.15. The van der Waals surface area contributed by atoms with Crippen LogP contribution in [-0.4, -0.2) is 32.2 Å². The van der Waals surface area contributed by atoms with Gasteiger partial charge in [-0.25, -0.2) is 13.2 Å². The van der Waals surface area contributed by atoms with Gasteiger partial charge in [0.1, 0.15) is 5.75 Å². The molecule has 28 heavy (non-hydrogen) atoms. The normalized spacial score (nSPS) is 11.3. The lowest BCUT2D eigenvalue weighted by Gasteiger charge is -2.09. The second-order valence-corrected chi connectivity index (χ2v) is 9.09. The van der Waals surface area contributed by atoms with Crippen molar-refractivity contribution >= 4 is 27.4 Å². The van der Waals surface area contributed by atoms with Crippen LogP contribution in [0.5, 0.6) is 0 Å². The Bertz CT molecular complexity index is 963. The van der Waals surface area contributed by atoms with Crippen LogP contribution >= 0.6 is 0 Å². The number of anilines is 1. The van der Waals surface area contributed by atoms with E-state index in [2.05, 4.69) is 5.32 Å². The van der Waals surface area contributed by atoms with Crippen molar-refractivity contribution in [2.24, 2.45) is 0 Å². The third kappa shape index (κ3) is 6.49. The summed E-state index contributed by atoms with van der Waals surface area (Å²) in [6.07, 6.45) is -0.233. The molecule has 0 atom stereocenters. The van der Waals surface area contributed by atoms with E-state index in [1.54, 1.807) is 38.1 Å². The van der Waals surface area contributed by atoms with Gasteiger partial charge in [-0.15, -0.1) is 0 Å². The molecular weight excluding hydrogens is 378 g/mol. The molecule has 150 valence electrons. The van der Waals surface area contributed by atoms with E-state index in [1.807, 2.05) is 19.9 Å². The van der Waals surface area contributed by atoms with Gasteiger partial charge in [0, 0.05) is 5.69 Å². The molecular formula is C21H25NO5S. The molecule has 0 aromatic heterocycles. The lowest BCUT2D eigenvalue weighted by Crippen LogP contribution is -2.24. The van der Waals surface area contributed by atoms with Gasteiger partial charge in [0.05, 0.1) is 17.4 Å². The zero-order chi connectivity index (χ0) is 20.9. The molecule has 2 aromatic rings. The van der Waals surface area contributed by atoms with Crippen LogP contribution in [0.3, 0.4) is 0 Å². The number of sulfone groups is 1. The van der Waals surface area contributed by atoms with E-state index in [4.69, 9.17) is 4.74 Å². The molecule has 0 spiro atoms. The predicted octanol–water partition coefficient (Wildman–Crippen LogP) is 3.42. The molecule has 0 aliphatic carbocycles. The van der Waals surface area contributed by atoms with Crippen LogP contribution in [-0.2, 0) is 25.1 Å². The Kier molecular flexibility index (Phi) is 6.96. The van der Waals surface area contributed by atoms with Crippen LogP contribution < -0.4 is 5.32 Å². The van der Waals surface area contributed by atoms with Gasteiger partial charge < -0.3 is 10.1 Å². The van der Waals surface area contributed by atoms with E-state index in [-0.39, 0.29) is 11.9 Å². The zero-order valence-corrected chi connectivity index (χ0v) is 17.3. The van der Waals surface area contributed by atoms with Crippen LogP contribution in [0.2, 0.25) is 0 Å². The van der Waals surface area contributed by atoms with E-state index in [9.17, 15) is 18.0 Å². The van der Waals surface area contributed by atoms with Gasteiger partial charge in [-0.3, -0.25) is 4.79 Å². The second-order valence-electron chi connectivity index (χ2n) is 7.03. The lowest BCUT2D eigenvalue weighted by atomic mass is 10.1. The molecule has 0 unspecified atom stereocenters. The first-order valence-corrected chi connectivity index (χ1v) is 10.8. The fourth-order valence-corrected chi connectivity index (χ4v) is 3.81. The number of ether oxygens (including phenoxy) is 1. The van der Waals surface area contributed by atoms with Gasteiger partial charge in [0.15, 0.2) is 9.84 Å². The minimum Gasteiger partial charge on any atom is -0.459 e. The van der Waals surface area contributed by atoms with Crippen LogP contribution in [0.4, 0.5) is 5.69 Å². The SMILES string of the molecule is Cc1ccc(NC(=O)CS(=O)(=O)Cc2ccc(C(=O)OC(C)C)cc2)cc1C. The van der Waals surface area contributed by atoms with Gasteiger partial charge in [0.2, 0.25) is 5.91 Å². The number of esters is 1. The van der Waals surface area contributed by atoms with Crippen molar-refractivity contribution in [3.05, 3.63) is 64.7 Å².